The highest BCUT2D eigenvalue weighted by molar-refractivity contribution is 6.12. The van der Waals surface area contributed by atoms with Gasteiger partial charge in [0.05, 0.1) is 24.9 Å². The van der Waals surface area contributed by atoms with Crippen LogP contribution in [0.3, 0.4) is 0 Å². The van der Waals surface area contributed by atoms with Crippen molar-refractivity contribution >= 4 is 38.9 Å². The van der Waals surface area contributed by atoms with E-state index in [9.17, 15) is 1.37 Å². The Morgan fingerprint density at radius 1 is 0.646 bits per heavy atom. The van der Waals surface area contributed by atoms with Gasteiger partial charge in [-0.2, -0.15) is 0 Å². The summed E-state index contributed by atoms with van der Waals surface area (Å²) in [5.41, 5.74) is 3.83. The average Bonchev–Trinajstić information content (AvgIpc) is 3.81. The van der Waals surface area contributed by atoms with Gasteiger partial charge in [-0.1, -0.05) is 121 Å². The highest BCUT2D eigenvalue weighted by atomic mass is 16.3. The number of benzene rings is 5. The van der Waals surface area contributed by atoms with Crippen molar-refractivity contribution in [2.75, 3.05) is 0 Å². The van der Waals surface area contributed by atoms with Gasteiger partial charge in [0.2, 0.25) is 0 Å². The van der Waals surface area contributed by atoms with Gasteiger partial charge in [0.25, 0.3) is 0 Å². The van der Waals surface area contributed by atoms with E-state index in [4.69, 9.17) is 31.7 Å². The minimum Gasteiger partial charge on any atom is -0.456 e. The molecular formula is C43H28N4O. The van der Waals surface area contributed by atoms with Gasteiger partial charge in [-0.25, -0.2) is 15.0 Å². The number of aromatic nitrogens is 4. The molecule has 3 heterocycles. The second-order valence-electron chi connectivity index (χ2n) is 11.6. The van der Waals surface area contributed by atoms with Crippen LogP contribution in [0.4, 0.5) is 0 Å². The molecule has 0 fully saturated rings. The van der Waals surface area contributed by atoms with Crippen LogP contribution in [0.15, 0.2) is 156 Å². The molecule has 10 rings (SSSR count). The summed E-state index contributed by atoms with van der Waals surface area (Å²) in [6.45, 7) is 0. The van der Waals surface area contributed by atoms with Crippen LogP contribution < -0.4 is 0 Å². The molecule has 2 unspecified atom stereocenters. The lowest BCUT2D eigenvalue weighted by molar-refractivity contribution is 0.668. The molecule has 0 aliphatic heterocycles. The Hall–Kier alpha value is -6.33. The lowest BCUT2D eigenvalue weighted by Gasteiger charge is -2.26. The zero-order chi connectivity index (χ0) is 40.3. The van der Waals surface area contributed by atoms with Crippen molar-refractivity contribution in [1.29, 1.82) is 0 Å². The third kappa shape index (κ3) is 4.14. The first-order chi connectivity index (χ1) is 28.0. The summed E-state index contributed by atoms with van der Waals surface area (Å²) < 4.78 is 96.1. The van der Waals surface area contributed by atoms with Crippen LogP contribution in [-0.2, 0) is 0 Å². The zero-order valence-corrected chi connectivity index (χ0v) is 25.1. The molecule has 2 aliphatic rings. The van der Waals surface area contributed by atoms with E-state index in [1.165, 1.54) is 4.57 Å². The van der Waals surface area contributed by atoms with Gasteiger partial charge in [-0.3, -0.25) is 0 Å². The summed E-state index contributed by atoms with van der Waals surface area (Å²) in [5.74, 6) is -1.04. The van der Waals surface area contributed by atoms with Crippen LogP contribution >= 0.6 is 0 Å². The van der Waals surface area contributed by atoms with Gasteiger partial charge >= 0.3 is 0 Å². The third-order valence-electron chi connectivity index (χ3n) is 8.83. The molecule has 0 radical (unpaired) electrons. The van der Waals surface area contributed by atoms with Gasteiger partial charge in [0.15, 0.2) is 17.5 Å². The predicted octanol–water partition coefficient (Wildman–Crippen LogP) is 10.6. The Morgan fingerprint density at radius 2 is 1.38 bits per heavy atom. The number of hydrogen-bond acceptors (Lipinski definition) is 4. The molecule has 48 heavy (non-hydrogen) atoms. The minimum absolute atomic E-state index is 0.0175. The number of nitrogens with zero attached hydrogens (tertiary/aromatic N) is 4. The third-order valence-corrected chi connectivity index (χ3v) is 8.83. The average molecular weight is 627 g/mol. The number of fused-ring (bicyclic) bond motifs is 8. The SMILES string of the molecule is [2H]C1=C([2H])C2C([2H])=C([2H])c3c(c4c([2H])c([2H])c([2H])c([2H])c4n3-c3ccc4c(c3)oc3cccc(-c5nc(-c6ccccc6)nc(-c6ccccc6)n5)c34)C2C([2H])=C1[2H]. The van der Waals surface area contributed by atoms with E-state index in [1.807, 2.05) is 84.9 Å². The summed E-state index contributed by atoms with van der Waals surface area (Å²) in [6, 6.07) is 25.8. The summed E-state index contributed by atoms with van der Waals surface area (Å²) in [7, 11) is 0. The number of hydrogen-bond donors (Lipinski definition) is 0. The molecule has 2 atom stereocenters. The van der Waals surface area contributed by atoms with E-state index in [1.54, 1.807) is 12.1 Å². The van der Waals surface area contributed by atoms with Crippen LogP contribution in [0.2, 0.25) is 0 Å². The lowest BCUT2D eigenvalue weighted by atomic mass is 9.78. The molecule has 5 nitrogen and oxygen atoms in total. The highest BCUT2D eigenvalue weighted by Crippen LogP contribution is 2.45. The Kier molecular flexibility index (Phi) is 4.14. The highest BCUT2D eigenvalue weighted by Gasteiger charge is 2.30. The van der Waals surface area contributed by atoms with Crippen molar-refractivity contribution in [2.24, 2.45) is 5.92 Å². The van der Waals surface area contributed by atoms with E-state index in [-0.39, 0.29) is 40.3 Å². The van der Waals surface area contributed by atoms with E-state index < -0.39 is 54.2 Å². The number of rotatable bonds is 4. The molecule has 8 aromatic rings. The number of allylic oxidation sites excluding steroid dienone is 5. The van der Waals surface area contributed by atoms with Crippen molar-refractivity contribution in [3.8, 4) is 39.9 Å². The molecule has 0 N–H and O–H groups in total. The fourth-order valence-electron chi connectivity index (χ4n) is 6.67. The molecule has 0 saturated carbocycles. The topological polar surface area (TPSA) is 56.7 Å². The smallest absolute Gasteiger partial charge is 0.164 e. The summed E-state index contributed by atoms with van der Waals surface area (Å²) in [5, 5.41) is 1.45. The van der Waals surface area contributed by atoms with Crippen molar-refractivity contribution in [3.63, 3.8) is 0 Å². The Balaban J connectivity index is 1.23. The minimum atomic E-state index is -1.25. The first-order valence-corrected chi connectivity index (χ1v) is 15.5. The fraction of sp³-hybridized carbons (Fsp3) is 0.0465. The van der Waals surface area contributed by atoms with Crippen molar-refractivity contribution in [1.82, 2.24) is 19.5 Å². The molecule has 2 aliphatic carbocycles. The van der Waals surface area contributed by atoms with Crippen LogP contribution in [-0.4, -0.2) is 19.5 Å². The van der Waals surface area contributed by atoms with Crippen LogP contribution in [0, 0.1) is 5.92 Å². The second kappa shape index (κ2) is 10.6. The van der Waals surface area contributed by atoms with Crippen molar-refractivity contribution < 1.29 is 18.1 Å². The molecule has 226 valence electrons. The Bertz CT molecular complexity index is 3130. The van der Waals surface area contributed by atoms with Gasteiger partial charge < -0.3 is 8.98 Å². The van der Waals surface area contributed by atoms with E-state index >= 15 is 0 Å². The van der Waals surface area contributed by atoms with Crippen LogP contribution in [0.5, 0.6) is 0 Å². The molecule has 0 amide bonds. The normalized spacial score (nSPS) is 20.7. The summed E-state index contributed by atoms with van der Waals surface area (Å²) in [6.07, 6.45) is 0. The Morgan fingerprint density at radius 3 is 2.17 bits per heavy atom. The lowest BCUT2D eigenvalue weighted by Crippen LogP contribution is -2.13. The van der Waals surface area contributed by atoms with E-state index in [2.05, 4.69) is 0 Å². The van der Waals surface area contributed by atoms with Crippen molar-refractivity contribution in [2.45, 2.75) is 5.92 Å². The first-order valence-electron chi connectivity index (χ1n) is 20.5. The molecule has 0 saturated heterocycles. The Labute approximate surface area is 290 Å². The van der Waals surface area contributed by atoms with Crippen LogP contribution in [0.1, 0.15) is 30.9 Å². The molecule has 0 spiro atoms. The fourth-order valence-corrected chi connectivity index (χ4v) is 6.67. The summed E-state index contributed by atoms with van der Waals surface area (Å²) >= 11 is 0. The molecule has 5 aromatic carbocycles. The second-order valence-corrected chi connectivity index (χ2v) is 11.6. The standard InChI is InChI=1S/C43H28N4O/c1-3-13-28(14-4-1)41-44-42(29-15-5-2-6-16-29)46-43(45-41)34-19-11-21-37-40(34)33-24-23-30(26-38(33)48-37)47-35-20-10-9-18-32(35)39-31-17-8-7-12-27(31)22-25-36(39)47/h1-27,31H/i7D,8D,9D,10D,12D,17D,18D,20D,22D,25D. The summed E-state index contributed by atoms with van der Waals surface area (Å²) in [4.78, 5) is 14.7. The predicted molar refractivity (Wildman–Crippen MR) is 194 cm³/mol. The first kappa shape index (κ1) is 18.7. The molecule has 0 bridgehead atoms. The molecule has 3 aromatic heterocycles. The maximum atomic E-state index is 9.28. The zero-order valence-electron chi connectivity index (χ0n) is 35.1. The largest absolute Gasteiger partial charge is 0.456 e. The van der Waals surface area contributed by atoms with Crippen LogP contribution in [0.25, 0.3) is 78.7 Å². The van der Waals surface area contributed by atoms with Gasteiger partial charge in [0, 0.05) is 56.4 Å². The maximum absolute atomic E-state index is 9.28. The number of para-hydroxylation sites is 1. The van der Waals surface area contributed by atoms with Gasteiger partial charge in [-0.05, 0) is 35.9 Å². The molecular weight excluding hydrogens is 589 g/mol. The van der Waals surface area contributed by atoms with E-state index in [0.717, 1.165) is 16.5 Å². The van der Waals surface area contributed by atoms with Gasteiger partial charge in [-0.15, -0.1) is 0 Å². The maximum Gasteiger partial charge on any atom is 0.164 e. The quantitative estimate of drug-likeness (QED) is 0.195. The van der Waals surface area contributed by atoms with E-state index in [0.29, 0.717) is 45.3 Å². The monoisotopic (exact) mass is 626 g/mol. The van der Waals surface area contributed by atoms with Crippen molar-refractivity contribution in [3.05, 3.63) is 163 Å². The molecule has 5 heteroatoms. The van der Waals surface area contributed by atoms with Gasteiger partial charge in [0.1, 0.15) is 11.2 Å². The number of furan rings is 1.